The van der Waals surface area contributed by atoms with Crippen molar-refractivity contribution >= 4 is 6.34 Å². The number of hydrazine groups is 2. The van der Waals surface area contributed by atoms with E-state index in [9.17, 15) is 10.0 Å². The first-order valence-electron chi connectivity index (χ1n) is 5.38. The number of nitrogens with zero attached hydrogens (tertiary/aromatic N) is 3. The third-order valence-corrected chi connectivity index (χ3v) is 2.71. The topological polar surface area (TPSA) is 120 Å². The Kier molecular flexibility index (Phi) is 3.51. The number of hydrogen-bond donors (Lipinski definition) is 4. The number of rotatable bonds is 3. The van der Waals surface area contributed by atoms with E-state index in [4.69, 9.17) is 11.6 Å². The van der Waals surface area contributed by atoms with Gasteiger partial charge in [0, 0.05) is 4.91 Å². The normalized spacial score (nSPS) is 23.4. The molecule has 2 atom stereocenters. The third kappa shape index (κ3) is 2.45. The molecule has 1 aliphatic rings. The molecule has 2 rings (SSSR count). The molecule has 8 nitrogen and oxygen atoms in total. The second-order valence-electron chi connectivity index (χ2n) is 3.93. The number of nitrogens with one attached hydrogen (secondary N) is 1. The Morgan fingerprint density at radius 2 is 2.11 bits per heavy atom. The van der Waals surface area contributed by atoms with E-state index in [0.717, 1.165) is 5.56 Å². The van der Waals surface area contributed by atoms with Crippen molar-refractivity contribution in [2.45, 2.75) is 18.9 Å². The molecular weight excluding hydrogens is 236 g/mol. The van der Waals surface area contributed by atoms with Gasteiger partial charge in [0.05, 0.1) is 11.2 Å². The zero-order valence-electron chi connectivity index (χ0n) is 9.60. The van der Waals surface area contributed by atoms with E-state index >= 15 is 0 Å². The number of aromatic hydroxyl groups is 1. The number of phenolic OH excluding ortho intramolecular Hbond substituents is 1. The highest BCUT2D eigenvalue weighted by Crippen LogP contribution is 2.14. The summed E-state index contributed by atoms with van der Waals surface area (Å²) < 4.78 is 0.659. The van der Waals surface area contributed by atoms with E-state index in [0.29, 0.717) is 11.2 Å². The van der Waals surface area contributed by atoms with Crippen molar-refractivity contribution in [1.82, 2.24) is 10.5 Å². The van der Waals surface area contributed by atoms with Crippen LogP contribution in [0.2, 0.25) is 0 Å². The molecule has 0 fully saturated rings. The zero-order valence-corrected chi connectivity index (χ0v) is 9.60. The Labute approximate surface area is 103 Å². The molecule has 0 bridgehead atoms. The summed E-state index contributed by atoms with van der Waals surface area (Å²) in [5.74, 6) is 5.36. The number of aliphatic imine (C=N–C) groups is 1. The predicted octanol–water partition coefficient (Wildman–Crippen LogP) is -0.996. The van der Waals surface area contributed by atoms with E-state index in [1.54, 1.807) is 24.3 Å². The number of nitroso groups, excluding NO2 is 1. The summed E-state index contributed by atoms with van der Waals surface area (Å²) in [6.07, 6.45) is 0.278. The average molecular weight is 251 g/mol. The molecule has 2 unspecified atom stereocenters. The summed E-state index contributed by atoms with van der Waals surface area (Å²) >= 11 is 0. The van der Waals surface area contributed by atoms with Gasteiger partial charge in [-0.1, -0.05) is 12.1 Å². The van der Waals surface area contributed by atoms with Gasteiger partial charge in [0.1, 0.15) is 12.1 Å². The van der Waals surface area contributed by atoms with Gasteiger partial charge in [-0.15, -0.1) is 0 Å². The van der Waals surface area contributed by atoms with Crippen LogP contribution in [0.3, 0.4) is 0 Å². The van der Waals surface area contributed by atoms with E-state index in [2.05, 4.69) is 10.5 Å². The average Bonchev–Trinajstić information content (AvgIpc) is 2.38. The number of nitrogens with two attached hydrogens (primary N) is 2. The Bertz CT molecular complexity index is 460. The lowest BCUT2D eigenvalue weighted by atomic mass is 10.1. The fraction of sp³-hybridized carbons (Fsp3) is 0.300. The summed E-state index contributed by atoms with van der Waals surface area (Å²) in [4.78, 5) is 15.9. The van der Waals surface area contributed by atoms with Gasteiger partial charge in [0.15, 0.2) is 0 Å². The Morgan fingerprint density at radius 1 is 1.44 bits per heavy atom. The molecule has 0 radical (unpaired) electrons. The minimum Gasteiger partial charge on any atom is -0.508 e. The zero-order chi connectivity index (χ0) is 13.1. The molecule has 0 aliphatic carbocycles. The number of phenols is 1. The van der Waals surface area contributed by atoms with Gasteiger partial charge in [-0.3, -0.25) is 5.84 Å². The first-order valence-corrected chi connectivity index (χ1v) is 5.38. The second kappa shape index (κ2) is 5.08. The summed E-state index contributed by atoms with van der Waals surface area (Å²) in [5.41, 5.74) is 8.81. The van der Waals surface area contributed by atoms with Crippen LogP contribution in [0.15, 0.2) is 29.3 Å². The first-order chi connectivity index (χ1) is 8.61. The SMILES string of the molecule is NNN1C=NC(Cc2ccc(O)cc2)[N+](=O)C1N. The van der Waals surface area contributed by atoms with Crippen molar-refractivity contribution in [2.75, 3.05) is 0 Å². The third-order valence-electron chi connectivity index (χ3n) is 2.71. The molecule has 1 aliphatic heterocycles. The fourth-order valence-electron chi connectivity index (χ4n) is 1.68. The van der Waals surface area contributed by atoms with E-state index < -0.39 is 12.5 Å². The fourth-order valence-corrected chi connectivity index (χ4v) is 1.68. The number of hydrogen-bond acceptors (Lipinski definition) is 7. The van der Waals surface area contributed by atoms with Gasteiger partial charge in [-0.05, 0) is 17.7 Å². The molecular formula is C10H15N6O2+. The van der Waals surface area contributed by atoms with Crippen molar-refractivity contribution in [3.63, 3.8) is 0 Å². The van der Waals surface area contributed by atoms with Crippen LogP contribution in [0, 0.1) is 4.91 Å². The lowest BCUT2D eigenvalue weighted by molar-refractivity contribution is -0.642. The highest BCUT2D eigenvalue weighted by Gasteiger charge is 2.38. The van der Waals surface area contributed by atoms with E-state index in [-0.39, 0.29) is 5.75 Å². The summed E-state index contributed by atoms with van der Waals surface area (Å²) in [6.45, 7) is 0. The molecule has 0 aromatic heterocycles. The van der Waals surface area contributed by atoms with Crippen LogP contribution in [0.4, 0.5) is 0 Å². The van der Waals surface area contributed by atoms with Gasteiger partial charge in [-0.2, -0.15) is 5.53 Å². The molecule has 0 saturated carbocycles. The van der Waals surface area contributed by atoms with Crippen molar-refractivity contribution in [3.8, 4) is 5.75 Å². The summed E-state index contributed by atoms with van der Waals surface area (Å²) in [5, 5.41) is 10.4. The van der Waals surface area contributed by atoms with Crippen LogP contribution >= 0.6 is 0 Å². The van der Waals surface area contributed by atoms with Crippen LogP contribution in [0.25, 0.3) is 0 Å². The highest BCUT2D eigenvalue weighted by atomic mass is 16.3. The van der Waals surface area contributed by atoms with Gasteiger partial charge in [-0.25, -0.2) is 15.7 Å². The van der Waals surface area contributed by atoms with Crippen LogP contribution in [0.5, 0.6) is 5.75 Å². The van der Waals surface area contributed by atoms with Gasteiger partial charge in [0.2, 0.25) is 0 Å². The molecule has 1 aromatic carbocycles. The summed E-state index contributed by atoms with van der Waals surface area (Å²) in [6, 6.07) is 6.59. The van der Waals surface area contributed by atoms with Crippen molar-refractivity contribution in [1.29, 1.82) is 0 Å². The molecule has 1 aromatic rings. The second-order valence-corrected chi connectivity index (χ2v) is 3.93. The van der Waals surface area contributed by atoms with Crippen LogP contribution in [-0.2, 0) is 6.42 Å². The lowest BCUT2D eigenvalue weighted by Crippen LogP contribution is -2.61. The molecule has 18 heavy (non-hydrogen) atoms. The standard InChI is InChI=1S/C10H14N6O2/c11-10-15(14-12)6-13-9(16(10)18)5-7-1-3-8(17)4-2-7/h1-4,6,9-10,14H,5,11-12H2/p+1. The van der Waals surface area contributed by atoms with Gasteiger partial charge >= 0.3 is 12.5 Å². The van der Waals surface area contributed by atoms with E-state index in [1.165, 1.54) is 11.3 Å². The quantitative estimate of drug-likeness (QED) is 0.311. The lowest BCUT2D eigenvalue weighted by Gasteiger charge is -2.24. The maximum Gasteiger partial charge on any atom is 0.350 e. The summed E-state index contributed by atoms with van der Waals surface area (Å²) in [7, 11) is 0. The highest BCUT2D eigenvalue weighted by molar-refractivity contribution is 5.55. The first kappa shape index (κ1) is 12.4. The van der Waals surface area contributed by atoms with E-state index in [1.807, 2.05) is 0 Å². The van der Waals surface area contributed by atoms with Crippen molar-refractivity contribution in [3.05, 3.63) is 34.7 Å². The maximum absolute atomic E-state index is 11.9. The van der Waals surface area contributed by atoms with Crippen LogP contribution in [0.1, 0.15) is 5.56 Å². The molecule has 6 N–H and O–H groups in total. The Balaban J connectivity index is 2.10. The predicted molar refractivity (Wildman–Crippen MR) is 64.9 cm³/mol. The molecule has 96 valence electrons. The Morgan fingerprint density at radius 3 is 2.72 bits per heavy atom. The van der Waals surface area contributed by atoms with Crippen molar-refractivity contribution in [2.24, 2.45) is 16.6 Å². The van der Waals surface area contributed by atoms with Crippen LogP contribution < -0.4 is 17.1 Å². The maximum atomic E-state index is 11.9. The smallest absolute Gasteiger partial charge is 0.350 e. The molecule has 8 heteroatoms. The van der Waals surface area contributed by atoms with Gasteiger partial charge < -0.3 is 5.11 Å². The molecule has 0 amide bonds. The van der Waals surface area contributed by atoms with Crippen LogP contribution in [-0.4, -0.2) is 33.7 Å². The molecule has 0 spiro atoms. The van der Waals surface area contributed by atoms with Gasteiger partial charge in [0.25, 0.3) is 0 Å². The minimum absolute atomic E-state index is 0.181. The monoisotopic (exact) mass is 251 g/mol. The minimum atomic E-state index is -0.922. The van der Waals surface area contributed by atoms with Crippen molar-refractivity contribution < 1.29 is 9.87 Å². The Hall–Kier alpha value is -2.03. The number of benzene rings is 1. The molecule has 1 heterocycles. The largest absolute Gasteiger partial charge is 0.508 e. The molecule has 0 saturated heterocycles.